The minimum Gasteiger partial charge on any atom is -0.494 e. The molecule has 28 heavy (non-hydrogen) atoms. The van der Waals surface area contributed by atoms with Crippen molar-refractivity contribution in [2.24, 2.45) is 4.99 Å². The van der Waals surface area contributed by atoms with Crippen LogP contribution in [0.3, 0.4) is 0 Å². The van der Waals surface area contributed by atoms with Crippen LogP contribution in [0.25, 0.3) is 0 Å². The van der Waals surface area contributed by atoms with Gasteiger partial charge < -0.3 is 20.1 Å². The van der Waals surface area contributed by atoms with Gasteiger partial charge in [0.1, 0.15) is 0 Å². The van der Waals surface area contributed by atoms with Crippen molar-refractivity contribution in [3.63, 3.8) is 0 Å². The second kappa shape index (κ2) is 10.1. The highest BCUT2D eigenvalue weighted by Gasteiger charge is 2.38. The molecule has 2 aliphatic rings. The third kappa shape index (κ3) is 5.14. The maximum Gasteiger partial charge on any atom is 0.191 e. The molecule has 0 bridgehead atoms. The van der Waals surface area contributed by atoms with Crippen LogP contribution in [0.2, 0.25) is 0 Å². The summed E-state index contributed by atoms with van der Waals surface area (Å²) in [5, 5.41) is 6.82. The average molecular weight is 393 g/mol. The van der Waals surface area contributed by atoms with E-state index in [1.54, 1.807) is 13.1 Å². The van der Waals surface area contributed by atoms with E-state index in [9.17, 15) is 4.39 Å². The molecule has 7 heteroatoms. The molecule has 1 aliphatic heterocycles. The summed E-state index contributed by atoms with van der Waals surface area (Å²) in [6.07, 6.45) is 6.29. The van der Waals surface area contributed by atoms with E-state index in [0.717, 1.165) is 44.4 Å². The molecule has 0 spiro atoms. The van der Waals surface area contributed by atoms with Crippen molar-refractivity contribution in [1.29, 1.82) is 0 Å². The molecular weight excluding hydrogens is 359 g/mol. The zero-order valence-electron chi connectivity index (χ0n) is 17.1. The molecule has 1 aromatic rings. The summed E-state index contributed by atoms with van der Waals surface area (Å²) in [5.74, 6) is 0.656. The fourth-order valence-electron chi connectivity index (χ4n) is 4.33. The van der Waals surface area contributed by atoms with E-state index in [1.807, 2.05) is 6.07 Å². The number of hydrogen-bond acceptors (Lipinski definition) is 4. The Morgan fingerprint density at radius 2 is 1.96 bits per heavy atom. The highest BCUT2D eigenvalue weighted by Crippen LogP contribution is 2.33. The van der Waals surface area contributed by atoms with Gasteiger partial charge in [-0.3, -0.25) is 9.89 Å². The number of guanidine groups is 1. The van der Waals surface area contributed by atoms with Crippen molar-refractivity contribution in [3.8, 4) is 5.75 Å². The molecule has 0 amide bonds. The molecule has 1 aromatic carbocycles. The summed E-state index contributed by atoms with van der Waals surface area (Å²) >= 11 is 0. The summed E-state index contributed by atoms with van der Waals surface area (Å²) in [7, 11) is 3.24. The van der Waals surface area contributed by atoms with Gasteiger partial charge in [-0.1, -0.05) is 25.3 Å². The van der Waals surface area contributed by atoms with Crippen molar-refractivity contribution in [3.05, 3.63) is 29.6 Å². The van der Waals surface area contributed by atoms with E-state index >= 15 is 0 Å². The zero-order chi connectivity index (χ0) is 19.8. The van der Waals surface area contributed by atoms with E-state index in [4.69, 9.17) is 9.47 Å². The Labute approximate surface area is 167 Å². The summed E-state index contributed by atoms with van der Waals surface area (Å²) in [5.41, 5.74) is 1.02. The molecule has 0 atom stereocenters. The normalized spacial score (nSPS) is 20.6. The smallest absolute Gasteiger partial charge is 0.191 e. The standard InChI is InChI=1S/C21H33FN4O2/c1-23-20(24-15-17-6-7-19(27-2)18(22)14-17)25-16-21(8-4-3-5-9-21)26-10-12-28-13-11-26/h6-7,14H,3-5,8-13,15-16H2,1-2H3,(H2,23,24,25). The first kappa shape index (κ1) is 20.9. The topological polar surface area (TPSA) is 58.1 Å². The molecule has 1 saturated heterocycles. The number of nitrogens with zero attached hydrogens (tertiary/aromatic N) is 2. The van der Waals surface area contributed by atoms with Gasteiger partial charge in [0.05, 0.1) is 20.3 Å². The van der Waals surface area contributed by atoms with Gasteiger partial charge in [-0.05, 0) is 30.5 Å². The van der Waals surface area contributed by atoms with Gasteiger partial charge in [-0.2, -0.15) is 0 Å². The number of rotatable bonds is 6. The predicted octanol–water partition coefficient (Wildman–Crippen LogP) is 2.53. The summed E-state index contributed by atoms with van der Waals surface area (Å²) in [4.78, 5) is 6.96. The monoisotopic (exact) mass is 392 g/mol. The number of morpholine rings is 1. The van der Waals surface area contributed by atoms with Crippen molar-refractivity contribution >= 4 is 5.96 Å². The van der Waals surface area contributed by atoms with Crippen LogP contribution in [-0.2, 0) is 11.3 Å². The maximum atomic E-state index is 13.9. The number of hydrogen-bond donors (Lipinski definition) is 2. The second-order valence-electron chi connectivity index (χ2n) is 7.63. The van der Waals surface area contributed by atoms with Gasteiger partial charge in [-0.25, -0.2) is 4.39 Å². The van der Waals surface area contributed by atoms with Gasteiger partial charge in [0.15, 0.2) is 17.5 Å². The first-order valence-electron chi connectivity index (χ1n) is 10.3. The number of nitrogens with one attached hydrogen (secondary N) is 2. The molecule has 0 unspecified atom stereocenters. The number of benzene rings is 1. The Hall–Kier alpha value is -1.86. The predicted molar refractivity (Wildman–Crippen MR) is 109 cm³/mol. The van der Waals surface area contributed by atoms with Crippen LogP contribution in [0, 0.1) is 5.82 Å². The Kier molecular flexibility index (Phi) is 7.50. The van der Waals surface area contributed by atoms with Crippen LogP contribution in [0.5, 0.6) is 5.75 Å². The number of halogens is 1. The van der Waals surface area contributed by atoms with Gasteiger partial charge in [0, 0.05) is 38.8 Å². The van der Waals surface area contributed by atoms with E-state index in [0.29, 0.717) is 6.54 Å². The van der Waals surface area contributed by atoms with Crippen LogP contribution >= 0.6 is 0 Å². The quantitative estimate of drug-likeness (QED) is 0.576. The lowest BCUT2D eigenvalue weighted by molar-refractivity contribution is -0.0352. The highest BCUT2D eigenvalue weighted by molar-refractivity contribution is 5.79. The molecular formula is C21H33FN4O2. The molecule has 2 fully saturated rings. The number of aliphatic imine (C=N–C) groups is 1. The summed E-state index contributed by atoms with van der Waals surface area (Å²) < 4.78 is 24.4. The third-order valence-corrected chi connectivity index (χ3v) is 5.95. The van der Waals surface area contributed by atoms with Gasteiger partial charge in [0.25, 0.3) is 0 Å². The fourth-order valence-corrected chi connectivity index (χ4v) is 4.33. The molecule has 1 aliphatic carbocycles. The van der Waals surface area contributed by atoms with E-state index < -0.39 is 0 Å². The van der Waals surface area contributed by atoms with Gasteiger partial charge in [-0.15, -0.1) is 0 Å². The SMILES string of the molecule is CN=C(NCc1ccc(OC)c(F)c1)NCC1(N2CCOCC2)CCCCC1. The fraction of sp³-hybridized carbons (Fsp3) is 0.667. The Balaban J connectivity index is 1.57. The first-order valence-corrected chi connectivity index (χ1v) is 10.3. The Morgan fingerprint density at radius 1 is 1.21 bits per heavy atom. The number of methoxy groups -OCH3 is 1. The van der Waals surface area contributed by atoms with E-state index in [-0.39, 0.29) is 17.1 Å². The molecule has 1 heterocycles. The summed E-state index contributed by atoms with van der Waals surface area (Å²) in [6.45, 7) is 5.00. The minimum absolute atomic E-state index is 0.172. The van der Waals surface area contributed by atoms with E-state index in [2.05, 4.69) is 20.5 Å². The molecule has 156 valence electrons. The lowest BCUT2D eigenvalue weighted by Crippen LogP contribution is -2.60. The van der Waals surface area contributed by atoms with Crippen molar-refractivity contribution in [1.82, 2.24) is 15.5 Å². The Bertz CT molecular complexity index is 656. The molecule has 1 saturated carbocycles. The van der Waals surface area contributed by atoms with Crippen molar-refractivity contribution in [2.75, 3.05) is 47.0 Å². The molecule has 0 radical (unpaired) electrons. The lowest BCUT2D eigenvalue weighted by atomic mass is 9.80. The lowest BCUT2D eigenvalue weighted by Gasteiger charge is -2.48. The Morgan fingerprint density at radius 3 is 2.61 bits per heavy atom. The zero-order valence-corrected chi connectivity index (χ0v) is 17.1. The molecule has 2 N–H and O–H groups in total. The van der Waals surface area contributed by atoms with Crippen LogP contribution in [0.1, 0.15) is 37.7 Å². The van der Waals surface area contributed by atoms with Gasteiger partial charge in [0.2, 0.25) is 0 Å². The highest BCUT2D eigenvalue weighted by atomic mass is 19.1. The molecule has 6 nitrogen and oxygen atoms in total. The average Bonchev–Trinajstić information content (AvgIpc) is 2.75. The number of ether oxygens (including phenoxy) is 2. The van der Waals surface area contributed by atoms with Gasteiger partial charge >= 0.3 is 0 Å². The van der Waals surface area contributed by atoms with Crippen LogP contribution in [-0.4, -0.2) is 63.4 Å². The van der Waals surface area contributed by atoms with Crippen molar-refractivity contribution < 1.29 is 13.9 Å². The maximum absolute atomic E-state index is 13.9. The van der Waals surface area contributed by atoms with Crippen molar-refractivity contribution in [2.45, 2.75) is 44.2 Å². The van der Waals surface area contributed by atoms with Crippen LogP contribution in [0.4, 0.5) is 4.39 Å². The minimum atomic E-state index is -0.349. The second-order valence-corrected chi connectivity index (χ2v) is 7.63. The van der Waals surface area contributed by atoms with Crippen LogP contribution < -0.4 is 15.4 Å². The third-order valence-electron chi connectivity index (χ3n) is 5.95. The first-order chi connectivity index (χ1) is 13.7. The molecule has 3 rings (SSSR count). The largest absolute Gasteiger partial charge is 0.494 e. The summed E-state index contributed by atoms with van der Waals surface area (Å²) in [6, 6.07) is 5.01. The van der Waals surface area contributed by atoms with Crippen LogP contribution in [0.15, 0.2) is 23.2 Å². The molecule has 0 aromatic heterocycles. The van der Waals surface area contributed by atoms with E-state index in [1.165, 1.54) is 45.3 Å².